The number of pyridine rings is 1. The molecule has 0 N–H and O–H groups in total. The highest BCUT2D eigenvalue weighted by Gasteiger charge is 2.13. The fourth-order valence-corrected chi connectivity index (χ4v) is 2.86. The maximum atomic E-state index is 4.61. The maximum absolute atomic E-state index is 4.61. The van der Waals surface area contributed by atoms with Crippen LogP contribution in [-0.4, -0.2) is 4.98 Å². The molecule has 0 amide bonds. The van der Waals surface area contributed by atoms with Gasteiger partial charge < -0.3 is 0 Å². The Morgan fingerprint density at radius 3 is 2.61 bits per heavy atom. The molecule has 1 aromatic heterocycles. The van der Waals surface area contributed by atoms with Gasteiger partial charge in [0.2, 0.25) is 0 Å². The monoisotopic (exact) mass is 237 g/mol. The first-order chi connectivity index (χ1) is 8.93. The van der Waals surface area contributed by atoms with E-state index in [1.807, 2.05) is 6.20 Å². The van der Waals surface area contributed by atoms with Crippen molar-refractivity contribution in [1.29, 1.82) is 0 Å². The van der Waals surface area contributed by atoms with Crippen molar-refractivity contribution in [3.05, 3.63) is 65.0 Å². The summed E-state index contributed by atoms with van der Waals surface area (Å²) in [5.41, 5.74) is 5.82. The summed E-state index contributed by atoms with van der Waals surface area (Å²) < 4.78 is 0. The van der Waals surface area contributed by atoms with Crippen LogP contribution in [0.15, 0.2) is 42.6 Å². The van der Waals surface area contributed by atoms with E-state index >= 15 is 0 Å². The van der Waals surface area contributed by atoms with Crippen LogP contribution in [0, 0.1) is 0 Å². The largest absolute Gasteiger partial charge is 0.261 e. The number of hydrogen-bond acceptors (Lipinski definition) is 1. The second kappa shape index (κ2) is 5.34. The van der Waals surface area contributed by atoms with Gasteiger partial charge in [-0.2, -0.15) is 0 Å². The standard InChI is InChI=1S/C17H19N/c1-2-6-14(7-3-1)10-11-17-16-9-5-4-8-15(16)12-13-18-17/h1-3,6-7,12-13H,4-5,8-11H2. The molecule has 1 aliphatic rings. The second-order valence-electron chi connectivity index (χ2n) is 5.09. The first-order valence-corrected chi connectivity index (χ1v) is 6.93. The maximum Gasteiger partial charge on any atom is 0.0441 e. The average Bonchev–Trinajstić information content (AvgIpc) is 2.46. The molecular formula is C17H19N. The summed E-state index contributed by atoms with van der Waals surface area (Å²) >= 11 is 0. The molecule has 0 saturated carbocycles. The normalized spacial score (nSPS) is 14.2. The van der Waals surface area contributed by atoms with Crippen LogP contribution in [0.3, 0.4) is 0 Å². The quantitative estimate of drug-likeness (QED) is 0.792. The molecule has 0 unspecified atom stereocenters. The van der Waals surface area contributed by atoms with Gasteiger partial charge in [-0.3, -0.25) is 4.98 Å². The van der Waals surface area contributed by atoms with E-state index < -0.39 is 0 Å². The molecule has 0 saturated heterocycles. The zero-order valence-corrected chi connectivity index (χ0v) is 10.7. The fourth-order valence-electron chi connectivity index (χ4n) is 2.86. The molecule has 0 bridgehead atoms. The number of nitrogens with zero attached hydrogens (tertiary/aromatic N) is 1. The summed E-state index contributed by atoms with van der Waals surface area (Å²) in [6.07, 6.45) is 9.32. The number of fused-ring (bicyclic) bond motifs is 1. The zero-order valence-electron chi connectivity index (χ0n) is 10.7. The van der Waals surface area contributed by atoms with Crippen molar-refractivity contribution in [2.75, 3.05) is 0 Å². The molecule has 2 aromatic rings. The molecule has 92 valence electrons. The lowest BCUT2D eigenvalue weighted by atomic mass is 9.89. The molecule has 0 radical (unpaired) electrons. The van der Waals surface area contributed by atoms with E-state index in [9.17, 15) is 0 Å². The number of aromatic nitrogens is 1. The Hall–Kier alpha value is -1.63. The third-order valence-corrected chi connectivity index (χ3v) is 3.86. The van der Waals surface area contributed by atoms with Gasteiger partial charge >= 0.3 is 0 Å². The molecule has 1 aromatic carbocycles. The first-order valence-electron chi connectivity index (χ1n) is 6.93. The van der Waals surface area contributed by atoms with E-state index in [-0.39, 0.29) is 0 Å². The number of aryl methyl sites for hydroxylation is 3. The first kappa shape index (κ1) is 11.5. The van der Waals surface area contributed by atoms with Crippen molar-refractivity contribution in [2.24, 2.45) is 0 Å². The Morgan fingerprint density at radius 1 is 0.889 bits per heavy atom. The van der Waals surface area contributed by atoms with E-state index in [0.29, 0.717) is 0 Å². The molecule has 0 fully saturated rings. The smallest absolute Gasteiger partial charge is 0.0441 e. The predicted molar refractivity (Wildman–Crippen MR) is 74.7 cm³/mol. The highest BCUT2D eigenvalue weighted by Crippen LogP contribution is 2.23. The average molecular weight is 237 g/mol. The Kier molecular flexibility index (Phi) is 3.40. The molecule has 1 aliphatic carbocycles. The van der Waals surface area contributed by atoms with Crippen LogP contribution in [0.2, 0.25) is 0 Å². The van der Waals surface area contributed by atoms with Crippen LogP contribution in [0.25, 0.3) is 0 Å². The summed E-state index contributed by atoms with van der Waals surface area (Å²) in [7, 11) is 0. The van der Waals surface area contributed by atoms with Gasteiger partial charge in [0, 0.05) is 11.9 Å². The minimum absolute atomic E-state index is 1.08. The molecular weight excluding hydrogens is 218 g/mol. The molecule has 3 rings (SSSR count). The predicted octanol–water partition coefficient (Wildman–Crippen LogP) is 3.75. The minimum atomic E-state index is 1.08. The molecule has 0 aliphatic heterocycles. The summed E-state index contributed by atoms with van der Waals surface area (Å²) in [6, 6.07) is 12.9. The third-order valence-electron chi connectivity index (χ3n) is 3.86. The van der Waals surface area contributed by atoms with Gasteiger partial charge in [-0.15, -0.1) is 0 Å². The molecule has 0 spiro atoms. The Labute approximate surface area is 109 Å². The molecule has 1 heteroatoms. The zero-order chi connectivity index (χ0) is 12.2. The second-order valence-corrected chi connectivity index (χ2v) is 5.09. The van der Waals surface area contributed by atoms with Gasteiger partial charge in [-0.1, -0.05) is 30.3 Å². The lowest BCUT2D eigenvalue weighted by Crippen LogP contribution is -2.09. The van der Waals surface area contributed by atoms with Crippen LogP contribution in [-0.2, 0) is 25.7 Å². The summed E-state index contributed by atoms with van der Waals surface area (Å²) in [6.45, 7) is 0. The van der Waals surface area contributed by atoms with E-state index in [0.717, 1.165) is 12.8 Å². The van der Waals surface area contributed by atoms with Gasteiger partial charge in [0.05, 0.1) is 0 Å². The topological polar surface area (TPSA) is 12.9 Å². The third kappa shape index (κ3) is 2.45. The van der Waals surface area contributed by atoms with Gasteiger partial charge in [-0.05, 0) is 61.3 Å². The van der Waals surface area contributed by atoms with Crippen LogP contribution in [0.4, 0.5) is 0 Å². The lowest BCUT2D eigenvalue weighted by Gasteiger charge is -2.18. The van der Waals surface area contributed by atoms with Gasteiger partial charge in [-0.25, -0.2) is 0 Å². The summed E-state index contributed by atoms with van der Waals surface area (Å²) in [5, 5.41) is 0. The van der Waals surface area contributed by atoms with Gasteiger partial charge in [0.1, 0.15) is 0 Å². The number of benzene rings is 1. The van der Waals surface area contributed by atoms with Crippen molar-refractivity contribution in [3.8, 4) is 0 Å². The van der Waals surface area contributed by atoms with Crippen molar-refractivity contribution in [1.82, 2.24) is 4.98 Å². The van der Waals surface area contributed by atoms with Gasteiger partial charge in [0.15, 0.2) is 0 Å². The fraction of sp³-hybridized carbons (Fsp3) is 0.353. The molecule has 18 heavy (non-hydrogen) atoms. The summed E-state index contributed by atoms with van der Waals surface area (Å²) in [5.74, 6) is 0. The minimum Gasteiger partial charge on any atom is -0.261 e. The number of rotatable bonds is 3. The Bertz CT molecular complexity index is 516. The SMILES string of the molecule is c1ccc(CCc2nccc3c2CCCC3)cc1. The Balaban J connectivity index is 1.77. The highest BCUT2D eigenvalue weighted by molar-refractivity contribution is 5.32. The van der Waals surface area contributed by atoms with Crippen LogP contribution in [0.1, 0.15) is 35.2 Å². The lowest BCUT2D eigenvalue weighted by molar-refractivity contribution is 0.670. The van der Waals surface area contributed by atoms with Crippen molar-refractivity contribution >= 4 is 0 Å². The van der Waals surface area contributed by atoms with E-state index in [2.05, 4.69) is 41.4 Å². The van der Waals surface area contributed by atoms with Crippen molar-refractivity contribution < 1.29 is 0 Å². The molecule has 1 heterocycles. The number of hydrogen-bond donors (Lipinski definition) is 0. The van der Waals surface area contributed by atoms with Crippen LogP contribution < -0.4 is 0 Å². The van der Waals surface area contributed by atoms with Crippen LogP contribution >= 0.6 is 0 Å². The van der Waals surface area contributed by atoms with E-state index in [1.54, 1.807) is 11.1 Å². The molecule has 0 atom stereocenters. The van der Waals surface area contributed by atoms with Crippen molar-refractivity contribution in [2.45, 2.75) is 38.5 Å². The van der Waals surface area contributed by atoms with Crippen molar-refractivity contribution in [3.63, 3.8) is 0 Å². The van der Waals surface area contributed by atoms with E-state index in [4.69, 9.17) is 0 Å². The Morgan fingerprint density at radius 2 is 1.72 bits per heavy atom. The van der Waals surface area contributed by atoms with Gasteiger partial charge in [0.25, 0.3) is 0 Å². The van der Waals surface area contributed by atoms with Crippen LogP contribution in [0.5, 0.6) is 0 Å². The van der Waals surface area contributed by atoms with E-state index in [1.165, 1.54) is 36.9 Å². The molecule has 1 nitrogen and oxygen atoms in total. The summed E-state index contributed by atoms with van der Waals surface area (Å²) in [4.78, 5) is 4.61. The highest BCUT2D eigenvalue weighted by atomic mass is 14.7.